The van der Waals surface area contributed by atoms with Gasteiger partial charge in [0, 0.05) is 12.1 Å². The van der Waals surface area contributed by atoms with Crippen LogP contribution in [0.4, 0.5) is 5.69 Å². The molecule has 1 rings (SSSR count). The number of non-ortho nitro benzene ring substituents is 1. The van der Waals surface area contributed by atoms with Gasteiger partial charge >= 0.3 is 0 Å². The molecule has 0 saturated carbocycles. The topological polar surface area (TPSA) is 66.9 Å². The van der Waals surface area contributed by atoms with E-state index in [9.17, 15) is 10.1 Å². The molecule has 0 aliphatic heterocycles. The van der Waals surface area contributed by atoms with Crippen LogP contribution in [0.2, 0.25) is 0 Å². The van der Waals surface area contributed by atoms with Crippen LogP contribution in [0.5, 0.6) is 0 Å². The highest BCUT2D eigenvalue weighted by molar-refractivity contribution is 5.48. The van der Waals surface area contributed by atoms with E-state index in [4.69, 9.17) is 5.26 Å². The quantitative estimate of drug-likeness (QED) is 0.548. The smallest absolute Gasteiger partial charge is 0.258 e. The Labute approximate surface area is 102 Å². The number of hydrogen-bond acceptors (Lipinski definition) is 3. The van der Waals surface area contributed by atoms with E-state index < -0.39 is 4.92 Å². The highest BCUT2D eigenvalue weighted by Gasteiger charge is 2.20. The summed E-state index contributed by atoms with van der Waals surface area (Å²) in [6, 6.07) is 6.39. The van der Waals surface area contributed by atoms with Gasteiger partial charge in [-0.1, -0.05) is 40.7 Å². The molecule has 0 spiro atoms. The molecule has 92 valence electrons. The number of rotatable bonds is 1. The van der Waals surface area contributed by atoms with Crippen molar-refractivity contribution in [2.24, 2.45) is 0 Å². The van der Waals surface area contributed by atoms with Crippen molar-refractivity contribution >= 4 is 5.69 Å². The Morgan fingerprint density at radius 1 is 1.29 bits per heavy atom. The highest BCUT2D eigenvalue weighted by Crippen LogP contribution is 2.28. The van der Waals surface area contributed by atoms with Crippen molar-refractivity contribution in [1.82, 2.24) is 0 Å². The molecule has 4 heteroatoms. The van der Waals surface area contributed by atoms with Crippen LogP contribution in [0.25, 0.3) is 0 Å². The maximum atomic E-state index is 10.5. The Morgan fingerprint density at radius 2 is 1.82 bits per heavy atom. The van der Waals surface area contributed by atoms with E-state index in [0.29, 0.717) is 5.56 Å². The summed E-state index contributed by atoms with van der Waals surface area (Å²) in [6.45, 7) is 9.90. The summed E-state index contributed by atoms with van der Waals surface area (Å²) in [5, 5.41) is 19.4. The predicted molar refractivity (Wildman–Crippen MR) is 67.9 cm³/mol. The lowest BCUT2D eigenvalue weighted by molar-refractivity contribution is -0.384. The molecule has 1 aromatic carbocycles. The number of benzene rings is 1. The summed E-state index contributed by atoms with van der Waals surface area (Å²) in [6.07, 6.45) is 0. The van der Waals surface area contributed by atoms with Gasteiger partial charge in [-0.2, -0.15) is 5.26 Å². The zero-order valence-electron chi connectivity index (χ0n) is 10.9. The van der Waals surface area contributed by atoms with Crippen molar-refractivity contribution < 1.29 is 4.92 Å². The summed E-state index contributed by atoms with van der Waals surface area (Å²) in [5.41, 5.74) is 0.979. The third kappa shape index (κ3) is 3.87. The average molecular weight is 234 g/mol. The Hall–Kier alpha value is -1.89. The van der Waals surface area contributed by atoms with E-state index in [1.807, 2.05) is 40.7 Å². The van der Waals surface area contributed by atoms with Crippen LogP contribution >= 0.6 is 0 Å². The first-order valence-electron chi connectivity index (χ1n) is 5.55. The third-order valence-electron chi connectivity index (χ3n) is 2.14. The minimum Gasteiger partial charge on any atom is -0.258 e. The molecule has 0 aliphatic rings. The van der Waals surface area contributed by atoms with Gasteiger partial charge in [0.15, 0.2) is 0 Å². The van der Waals surface area contributed by atoms with Crippen LogP contribution < -0.4 is 0 Å². The van der Waals surface area contributed by atoms with Crippen LogP contribution in [-0.2, 0) is 5.41 Å². The zero-order chi connectivity index (χ0) is 13.6. The molecule has 4 nitrogen and oxygen atoms in total. The first kappa shape index (κ1) is 15.1. The summed E-state index contributed by atoms with van der Waals surface area (Å²) >= 11 is 0. The molecule has 0 fully saturated rings. The average Bonchev–Trinajstić information content (AvgIpc) is 2.29. The summed E-state index contributed by atoms with van der Waals surface area (Å²) < 4.78 is 0. The first-order valence-corrected chi connectivity index (χ1v) is 5.55. The molecule has 1 aromatic rings. The number of nitriles is 1. The molecule has 0 bridgehead atoms. The van der Waals surface area contributed by atoms with Gasteiger partial charge in [0.05, 0.1) is 16.6 Å². The van der Waals surface area contributed by atoms with Crippen molar-refractivity contribution in [2.45, 2.75) is 40.0 Å². The van der Waals surface area contributed by atoms with Gasteiger partial charge in [-0.25, -0.2) is 0 Å². The fraction of sp³-hybridized carbons (Fsp3) is 0.462. The Kier molecular flexibility index (Phi) is 5.33. The largest absolute Gasteiger partial charge is 0.270 e. The van der Waals surface area contributed by atoms with E-state index >= 15 is 0 Å². The lowest BCUT2D eigenvalue weighted by Gasteiger charge is -2.19. The molecule has 0 N–H and O–H groups in total. The minimum absolute atomic E-state index is 0.0421. The van der Waals surface area contributed by atoms with Gasteiger partial charge in [0.1, 0.15) is 0 Å². The van der Waals surface area contributed by atoms with Crippen molar-refractivity contribution in [3.63, 3.8) is 0 Å². The van der Waals surface area contributed by atoms with Crippen molar-refractivity contribution in [3.05, 3.63) is 39.4 Å². The fourth-order valence-corrected chi connectivity index (χ4v) is 1.39. The maximum absolute atomic E-state index is 10.5. The SMILES string of the molecule is CC.CC(C)(C)c1ccc([N+](=O)[O-])cc1C#N. The van der Waals surface area contributed by atoms with Gasteiger partial charge < -0.3 is 0 Å². The van der Waals surface area contributed by atoms with Gasteiger partial charge in [0.2, 0.25) is 0 Å². The van der Waals surface area contributed by atoms with Crippen LogP contribution in [0, 0.1) is 21.4 Å². The second kappa shape index (κ2) is 6.00. The summed E-state index contributed by atoms with van der Waals surface area (Å²) in [4.78, 5) is 10.0. The Morgan fingerprint density at radius 3 is 2.18 bits per heavy atom. The summed E-state index contributed by atoms with van der Waals surface area (Å²) in [5.74, 6) is 0. The molecular formula is C13H18N2O2. The molecule has 0 aromatic heterocycles. The van der Waals surface area contributed by atoms with Gasteiger partial charge in [-0.15, -0.1) is 0 Å². The molecule has 0 heterocycles. The summed E-state index contributed by atoms with van der Waals surface area (Å²) in [7, 11) is 0. The van der Waals surface area contributed by atoms with E-state index in [2.05, 4.69) is 0 Å². The van der Waals surface area contributed by atoms with Gasteiger partial charge in [-0.3, -0.25) is 10.1 Å². The molecule has 17 heavy (non-hydrogen) atoms. The third-order valence-corrected chi connectivity index (χ3v) is 2.14. The molecule has 0 amide bonds. The van der Waals surface area contributed by atoms with Crippen molar-refractivity contribution in [1.29, 1.82) is 5.26 Å². The monoisotopic (exact) mass is 234 g/mol. The fourth-order valence-electron chi connectivity index (χ4n) is 1.39. The molecule has 0 atom stereocenters. The van der Waals surface area contributed by atoms with E-state index in [0.717, 1.165) is 5.56 Å². The van der Waals surface area contributed by atoms with E-state index in [-0.39, 0.29) is 11.1 Å². The second-order valence-electron chi connectivity index (χ2n) is 4.35. The normalized spacial score (nSPS) is 9.88. The standard InChI is InChI=1S/C11H12N2O2.C2H6/c1-11(2,3)10-5-4-9(13(14)15)6-8(10)7-12;1-2/h4-6H,1-3H3;1-2H3. The van der Waals surface area contributed by atoms with Crippen molar-refractivity contribution in [3.8, 4) is 6.07 Å². The van der Waals surface area contributed by atoms with E-state index in [1.165, 1.54) is 12.1 Å². The maximum Gasteiger partial charge on any atom is 0.270 e. The Balaban J connectivity index is 0.00000121. The van der Waals surface area contributed by atoms with Crippen LogP contribution in [0.3, 0.4) is 0 Å². The van der Waals surface area contributed by atoms with Gasteiger partial charge in [-0.05, 0) is 11.0 Å². The minimum atomic E-state index is -0.493. The zero-order valence-corrected chi connectivity index (χ0v) is 10.9. The van der Waals surface area contributed by atoms with Crippen molar-refractivity contribution in [2.75, 3.05) is 0 Å². The number of hydrogen-bond donors (Lipinski definition) is 0. The van der Waals surface area contributed by atoms with Crippen LogP contribution in [-0.4, -0.2) is 4.92 Å². The predicted octanol–water partition coefficient (Wildman–Crippen LogP) is 3.79. The second-order valence-corrected chi connectivity index (χ2v) is 4.35. The lowest BCUT2D eigenvalue weighted by atomic mass is 9.84. The van der Waals surface area contributed by atoms with Crippen LogP contribution in [0.15, 0.2) is 18.2 Å². The molecule has 0 aliphatic carbocycles. The molecular weight excluding hydrogens is 216 g/mol. The lowest BCUT2D eigenvalue weighted by Crippen LogP contribution is -2.13. The first-order chi connectivity index (χ1) is 7.86. The van der Waals surface area contributed by atoms with Crippen LogP contribution in [0.1, 0.15) is 45.7 Å². The molecule has 0 saturated heterocycles. The Bertz CT molecular complexity index is 440. The van der Waals surface area contributed by atoms with Gasteiger partial charge in [0.25, 0.3) is 5.69 Å². The number of nitro groups is 1. The number of nitro benzene ring substituents is 1. The molecule has 0 radical (unpaired) electrons. The van der Waals surface area contributed by atoms with E-state index in [1.54, 1.807) is 6.07 Å². The highest BCUT2D eigenvalue weighted by atomic mass is 16.6. The molecule has 0 unspecified atom stereocenters. The number of nitrogens with zero attached hydrogens (tertiary/aromatic N) is 2.